The zero-order valence-corrected chi connectivity index (χ0v) is 14.1. The number of thiazole rings is 2. The lowest BCUT2D eigenvalue weighted by atomic mass is 10.3. The molecule has 0 aliphatic carbocycles. The van der Waals surface area contributed by atoms with E-state index in [-0.39, 0.29) is 12.1 Å². The van der Waals surface area contributed by atoms with Crippen molar-refractivity contribution in [3.05, 3.63) is 32.2 Å². The highest BCUT2D eigenvalue weighted by atomic mass is 32.1. The lowest BCUT2D eigenvalue weighted by Crippen LogP contribution is -2.37. The first-order valence-electron chi connectivity index (χ1n) is 6.92. The van der Waals surface area contributed by atoms with Gasteiger partial charge in [0, 0.05) is 35.1 Å². The van der Waals surface area contributed by atoms with Gasteiger partial charge in [-0.2, -0.15) is 0 Å². The second-order valence-electron chi connectivity index (χ2n) is 4.94. The van der Waals surface area contributed by atoms with Crippen LogP contribution in [0.3, 0.4) is 0 Å². The lowest BCUT2D eigenvalue weighted by molar-refractivity contribution is 0.238. The van der Waals surface area contributed by atoms with Crippen molar-refractivity contribution in [2.45, 2.75) is 39.7 Å². The Balaban J connectivity index is 1.65. The maximum Gasteiger partial charge on any atom is 0.315 e. The zero-order chi connectivity index (χ0) is 15.2. The van der Waals surface area contributed by atoms with Crippen LogP contribution < -0.4 is 10.6 Å². The largest absolute Gasteiger partial charge is 0.338 e. The summed E-state index contributed by atoms with van der Waals surface area (Å²) in [6.07, 6.45) is 1.80. The predicted molar refractivity (Wildman–Crippen MR) is 87.0 cm³/mol. The molecule has 0 saturated heterocycles. The summed E-state index contributed by atoms with van der Waals surface area (Å²) in [6, 6.07) is -0.212. The van der Waals surface area contributed by atoms with Gasteiger partial charge in [0.2, 0.25) is 0 Å². The fourth-order valence-electron chi connectivity index (χ4n) is 1.84. The van der Waals surface area contributed by atoms with E-state index in [1.54, 1.807) is 22.7 Å². The first-order chi connectivity index (χ1) is 10.0. The van der Waals surface area contributed by atoms with Gasteiger partial charge in [0.15, 0.2) is 0 Å². The summed E-state index contributed by atoms with van der Waals surface area (Å²) < 4.78 is 0. The number of urea groups is 1. The molecule has 2 heterocycles. The number of carbonyl (C=O) groups excluding carboxylic acids is 1. The normalized spacial score (nSPS) is 12.1. The van der Waals surface area contributed by atoms with Crippen molar-refractivity contribution in [3.8, 4) is 0 Å². The topological polar surface area (TPSA) is 66.9 Å². The van der Waals surface area contributed by atoms with Crippen LogP contribution in [0.4, 0.5) is 4.79 Å². The Hall–Kier alpha value is -1.47. The van der Waals surface area contributed by atoms with Crippen LogP contribution in [0.2, 0.25) is 0 Å². The van der Waals surface area contributed by atoms with Crippen LogP contribution in [0, 0.1) is 13.8 Å². The van der Waals surface area contributed by atoms with Gasteiger partial charge in [0.1, 0.15) is 5.01 Å². The van der Waals surface area contributed by atoms with Crippen molar-refractivity contribution >= 4 is 28.7 Å². The number of hydrogen-bond acceptors (Lipinski definition) is 5. The van der Waals surface area contributed by atoms with Crippen LogP contribution in [-0.4, -0.2) is 22.5 Å². The third-order valence-corrected chi connectivity index (χ3v) is 5.05. The predicted octanol–water partition coefficient (Wildman–Crippen LogP) is 3.21. The number of rotatable bonds is 6. The molecule has 2 aromatic rings. The average Bonchev–Trinajstić information content (AvgIpc) is 3.03. The molecule has 1 unspecified atom stereocenters. The highest BCUT2D eigenvalue weighted by Gasteiger charge is 2.12. The minimum Gasteiger partial charge on any atom is -0.338 e. The molecule has 0 aromatic carbocycles. The molecule has 0 fully saturated rings. The molecule has 2 amide bonds. The van der Waals surface area contributed by atoms with Crippen LogP contribution >= 0.6 is 22.7 Å². The smallest absolute Gasteiger partial charge is 0.315 e. The standard InChI is InChI=1S/C14H20N4OS2/c1-9-7-20-12(16-9)5-4-6-15-14(19)18-11(3)13-17-10(2)8-21-13/h7-8,11H,4-6H2,1-3H3,(H2,15,18,19). The number of nitrogens with zero attached hydrogens (tertiary/aromatic N) is 2. The van der Waals surface area contributed by atoms with E-state index < -0.39 is 0 Å². The number of nitrogens with one attached hydrogen (secondary N) is 2. The van der Waals surface area contributed by atoms with Gasteiger partial charge in [-0.1, -0.05) is 0 Å². The van der Waals surface area contributed by atoms with Crippen LogP contribution in [0.5, 0.6) is 0 Å². The number of hydrogen-bond donors (Lipinski definition) is 2. The molecule has 0 radical (unpaired) electrons. The molecular weight excluding hydrogens is 304 g/mol. The lowest BCUT2D eigenvalue weighted by Gasteiger charge is -2.12. The fraction of sp³-hybridized carbons (Fsp3) is 0.500. The SMILES string of the molecule is Cc1csc(CCCNC(=O)NC(C)c2nc(C)cs2)n1. The molecule has 1 atom stereocenters. The van der Waals surface area contributed by atoms with E-state index in [0.717, 1.165) is 34.2 Å². The maximum atomic E-state index is 11.8. The minimum absolute atomic E-state index is 0.0645. The third-order valence-electron chi connectivity index (χ3n) is 2.87. The molecule has 5 nitrogen and oxygen atoms in total. The van der Waals surface area contributed by atoms with E-state index in [4.69, 9.17) is 0 Å². The first-order valence-corrected chi connectivity index (χ1v) is 8.68. The Morgan fingerprint density at radius 3 is 2.57 bits per heavy atom. The molecule has 0 spiro atoms. The molecule has 0 bridgehead atoms. The van der Waals surface area contributed by atoms with Crippen LogP contribution in [0.15, 0.2) is 10.8 Å². The Morgan fingerprint density at radius 1 is 1.24 bits per heavy atom. The van der Waals surface area contributed by atoms with Gasteiger partial charge in [0.25, 0.3) is 0 Å². The van der Waals surface area contributed by atoms with Gasteiger partial charge >= 0.3 is 6.03 Å². The van der Waals surface area contributed by atoms with E-state index in [0.29, 0.717) is 6.54 Å². The van der Waals surface area contributed by atoms with Crippen LogP contribution in [0.25, 0.3) is 0 Å². The quantitative estimate of drug-likeness (QED) is 0.802. The highest BCUT2D eigenvalue weighted by Crippen LogP contribution is 2.17. The summed E-state index contributed by atoms with van der Waals surface area (Å²) in [5, 5.41) is 11.9. The van der Waals surface area contributed by atoms with Gasteiger partial charge in [-0.15, -0.1) is 22.7 Å². The summed E-state index contributed by atoms with van der Waals surface area (Å²) in [7, 11) is 0. The Bertz CT molecular complexity index is 593. The maximum absolute atomic E-state index is 11.8. The van der Waals surface area contributed by atoms with E-state index in [9.17, 15) is 4.79 Å². The minimum atomic E-state index is -0.148. The zero-order valence-electron chi connectivity index (χ0n) is 12.5. The third kappa shape index (κ3) is 5.09. The second kappa shape index (κ2) is 7.51. The van der Waals surface area contributed by atoms with E-state index in [2.05, 4.69) is 20.6 Å². The van der Waals surface area contributed by atoms with Gasteiger partial charge in [0.05, 0.1) is 11.0 Å². The van der Waals surface area contributed by atoms with Crippen molar-refractivity contribution in [2.75, 3.05) is 6.54 Å². The van der Waals surface area contributed by atoms with E-state index >= 15 is 0 Å². The Kier molecular flexibility index (Phi) is 5.69. The fourth-order valence-corrected chi connectivity index (χ4v) is 3.46. The molecule has 0 aliphatic heterocycles. The molecule has 0 saturated carbocycles. The number of carbonyl (C=O) groups is 1. The molecule has 2 N–H and O–H groups in total. The number of aryl methyl sites for hydroxylation is 3. The van der Waals surface area contributed by atoms with Crippen molar-refractivity contribution in [2.24, 2.45) is 0 Å². The molecule has 2 aromatic heterocycles. The van der Waals surface area contributed by atoms with Crippen LogP contribution in [-0.2, 0) is 6.42 Å². The van der Waals surface area contributed by atoms with Crippen molar-refractivity contribution in [3.63, 3.8) is 0 Å². The summed E-state index contributed by atoms with van der Waals surface area (Å²) in [5.41, 5.74) is 2.05. The summed E-state index contributed by atoms with van der Waals surface area (Å²) >= 11 is 3.24. The van der Waals surface area contributed by atoms with Crippen LogP contribution in [0.1, 0.15) is 40.8 Å². The summed E-state index contributed by atoms with van der Waals surface area (Å²) in [4.78, 5) is 20.6. The molecular formula is C14H20N4OS2. The van der Waals surface area contributed by atoms with Crippen molar-refractivity contribution in [1.29, 1.82) is 0 Å². The summed E-state index contributed by atoms with van der Waals surface area (Å²) in [5.74, 6) is 0. The monoisotopic (exact) mass is 324 g/mol. The molecule has 2 rings (SSSR count). The van der Waals surface area contributed by atoms with Crippen molar-refractivity contribution < 1.29 is 4.79 Å². The van der Waals surface area contributed by atoms with Gasteiger partial charge < -0.3 is 10.6 Å². The second-order valence-corrected chi connectivity index (χ2v) is 6.77. The number of aromatic nitrogens is 2. The molecule has 7 heteroatoms. The number of amides is 2. The summed E-state index contributed by atoms with van der Waals surface area (Å²) in [6.45, 7) is 6.53. The van der Waals surface area contributed by atoms with Crippen molar-refractivity contribution in [1.82, 2.24) is 20.6 Å². The Labute approximate surface area is 132 Å². The molecule has 114 valence electrons. The van der Waals surface area contributed by atoms with E-state index in [1.165, 1.54) is 0 Å². The van der Waals surface area contributed by atoms with Gasteiger partial charge in [-0.3, -0.25) is 0 Å². The molecule has 21 heavy (non-hydrogen) atoms. The molecule has 0 aliphatic rings. The van der Waals surface area contributed by atoms with Gasteiger partial charge in [-0.05, 0) is 27.2 Å². The first kappa shape index (κ1) is 15.9. The highest BCUT2D eigenvalue weighted by molar-refractivity contribution is 7.10. The Morgan fingerprint density at radius 2 is 1.95 bits per heavy atom. The van der Waals surface area contributed by atoms with E-state index in [1.807, 2.05) is 31.5 Å². The van der Waals surface area contributed by atoms with Gasteiger partial charge in [-0.25, -0.2) is 14.8 Å². The average molecular weight is 324 g/mol.